The highest BCUT2D eigenvalue weighted by molar-refractivity contribution is 7.14. The topological polar surface area (TPSA) is 58.6 Å². The second-order valence-electron chi connectivity index (χ2n) is 5.37. The number of rotatable bonds is 5. The lowest BCUT2D eigenvalue weighted by Crippen LogP contribution is -2.48. The van der Waals surface area contributed by atoms with Crippen LogP contribution >= 0.6 is 22.7 Å². The van der Waals surface area contributed by atoms with Crippen LogP contribution in [0.1, 0.15) is 26.5 Å². The molecule has 2 aromatic heterocycles. The van der Waals surface area contributed by atoms with Gasteiger partial charge >= 0.3 is 0 Å². The molecule has 3 heterocycles. The summed E-state index contributed by atoms with van der Waals surface area (Å²) in [5.74, 6) is 0.150. The molecule has 3 rings (SSSR count). The molecule has 1 fully saturated rings. The number of carbonyl (C=O) groups excluding carboxylic acids is 1. The minimum Gasteiger partial charge on any atom is -0.469 e. The molecule has 1 aliphatic rings. The van der Waals surface area contributed by atoms with E-state index in [1.54, 1.807) is 11.3 Å². The minimum atomic E-state index is 0.150. The van der Waals surface area contributed by atoms with Crippen LogP contribution in [0, 0.1) is 6.92 Å². The Labute approximate surface area is 143 Å². The van der Waals surface area contributed by atoms with Gasteiger partial charge in [0.25, 0.3) is 11.1 Å². The number of aromatic nitrogens is 2. The molecule has 2 aromatic rings. The molecule has 23 heavy (non-hydrogen) atoms. The molecule has 1 aliphatic heterocycles. The van der Waals surface area contributed by atoms with E-state index in [0.717, 1.165) is 42.6 Å². The van der Waals surface area contributed by atoms with Crippen molar-refractivity contribution in [3.8, 4) is 5.19 Å². The van der Waals surface area contributed by atoms with Crippen molar-refractivity contribution in [2.24, 2.45) is 0 Å². The Morgan fingerprint density at radius 3 is 2.65 bits per heavy atom. The SMILES string of the molecule is CCOc1nnc(CN2CCN(C(=O)c3ccc(C)s3)CC2)s1. The molecule has 0 aromatic carbocycles. The zero-order valence-corrected chi connectivity index (χ0v) is 15.0. The molecule has 0 bridgehead atoms. The summed E-state index contributed by atoms with van der Waals surface area (Å²) in [5, 5.41) is 9.76. The van der Waals surface area contributed by atoms with Crippen molar-refractivity contribution >= 4 is 28.6 Å². The van der Waals surface area contributed by atoms with Crippen molar-refractivity contribution in [2.75, 3.05) is 32.8 Å². The average Bonchev–Trinajstić information content (AvgIpc) is 3.17. The zero-order valence-electron chi connectivity index (χ0n) is 13.3. The predicted octanol–water partition coefficient (Wildman–Crippen LogP) is 2.26. The van der Waals surface area contributed by atoms with Gasteiger partial charge in [0.2, 0.25) is 0 Å². The fourth-order valence-electron chi connectivity index (χ4n) is 2.49. The molecule has 0 atom stereocenters. The molecule has 8 heteroatoms. The molecule has 0 spiro atoms. The Hall–Kier alpha value is -1.51. The number of aryl methyl sites for hydroxylation is 1. The third-order valence-electron chi connectivity index (χ3n) is 3.69. The monoisotopic (exact) mass is 352 g/mol. The maximum atomic E-state index is 12.4. The summed E-state index contributed by atoms with van der Waals surface area (Å²) >= 11 is 3.06. The van der Waals surface area contributed by atoms with Crippen LogP contribution in [-0.4, -0.2) is 58.7 Å². The van der Waals surface area contributed by atoms with Crippen LogP contribution in [0.4, 0.5) is 0 Å². The van der Waals surface area contributed by atoms with Crippen LogP contribution in [0.15, 0.2) is 12.1 Å². The van der Waals surface area contributed by atoms with Gasteiger partial charge in [-0.05, 0) is 26.0 Å². The highest BCUT2D eigenvalue weighted by Crippen LogP contribution is 2.21. The van der Waals surface area contributed by atoms with Gasteiger partial charge in [0.05, 0.1) is 18.0 Å². The number of piperazine rings is 1. The normalized spacial score (nSPS) is 15.8. The Morgan fingerprint density at radius 2 is 2.00 bits per heavy atom. The molecular weight excluding hydrogens is 332 g/mol. The first kappa shape index (κ1) is 16.4. The first-order valence-corrected chi connectivity index (χ1v) is 9.32. The van der Waals surface area contributed by atoms with Gasteiger partial charge in [0.15, 0.2) is 0 Å². The van der Waals surface area contributed by atoms with Crippen LogP contribution in [0.5, 0.6) is 5.19 Å². The third-order valence-corrected chi connectivity index (χ3v) is 5.49. The second kappa shape index (κ2) is 7.37. The lowest BCUT2D eigenvalue weighted by molar-refractivity contribution is 0.0633. The van der Waals surface area contributed by atoms with Crippen LogP contribution in [-0.2, 0) is 6.54 Å². The van der Waals surface area contributed by atoms with E-state index in [4.69, 9.17) is 4.74 Å². The Morgan fingerprint density at radius 1 is 1.22 bits per heavy atom. The summed E-state index contributed by atoms with van der Waals surface area (Å²) in [4.78, 5) is 18.7. The average molecular weight is 352 g/mol. The quantitative estimate of drug-likeness (QED) is 0.826. The van der Waals surface area contributed by atoms with Gasteiger partial charge in [-0.3, -0.25) is 9.69 Å². The molecule has 0 saturated carbocycles. The zero-order chi connectivity index (χ0) is 16.2. The standard InChI is InChI=1S/C15H20N4O2S2/c1-3-21-15-17-16-13(23-15)10-18-6-8-19(9-7-18)14(20)12-5-4-11(2)22-12/h4-5H,3,6-10H2,1-2H3. The van der Waals surface area contributed by atoms with Crippen molar-refractivity contribution in [1.29, 1.82) is 0 Å². The van der Waals surface area contributed by atoms with E-state index >= 15 is 0 Å². The first-order valence-electron chi connectivity index (χ1n) is 7.69. The lowest BCUT2D eigenvalue weighted by Gasteiger charge is -2.33. The van der Waals surface area contributed by atoms with Crippen molar-refractivity contribution in [3.05, 3.63) is 26.9 Å². The molecule has 124 valence electrons. The predicted molar refractivity (Wildman–Crippen MR) is 91.3 cm³/mol. The largest absolute Gasteiger partial charge is 0.469 e. The summed E-state index contributed by atoms with van der Waals surface area (Å²) in [5.41, 5.74) is 0. The van der Waals surface area contributed by atoms with Gasteiger partial charge < -0.3 is 9.64 Å². The molecule has 0 N–H and O–H groups in total. The van der Waals surface area contributed by atoms with E-state index < -0.39 is 0 Å². The summed E-state index contributed by atoms with van der Waals surface area (Å²) in [6, 6.07) is 3.92. The highest BCUT2D eigenvalue weighted by atomic mass is 32.1. The van der Waals surface area contributed by atoms with E-state index in [9.17, 15) is 4.79 Å². The fraction of sp³-hybridized carbons (Fsp3) is 0.533. The van der Waals surface area contributed by atoms with E-state index in [2.05, 4.69) is 15.1 Å². The van der Waals surface area contributed by atoms with Crippen molar-refractivity contribution in [1.82, 2.24) is 20.0 Å². The molecule has 0 radical (unpaired) electrons. The number of hydrogen-bond donors (Lipinski definition) is 0. The molecule has 6 nitrogen and oxygen atoms in total. The van der Waals surface area contributed by atoms with Crippen molar-refractivity contribution < 1.29 is 9.53 Å². The van der Waals surface area contributed by atoms with Gasteiger partial charge in [-0.1, -0.05) is 11.3 Å². The van der Waals surface area contributed by atoms with Crippen LogP contribution in [0.2, 0.25) is 0 Å². The number of carbonyl (C=O) groups is 1. The second-order valence-corrected chi connectivity index (χ2v) is 7.69. The van der Waals surface area contributed by atoms with Crippen molar-refractivity contribution in [3.63, 3.8) is 0 Å². The smallest absolute Gasteiger partial charge is 0.294 e. The van der Waals surface area contributed by atoms with Crippen LogP contribution in [0.3, 0.4) is 0 Å². The molecule has 1 amide bonds. The summed E-state index contributed by atoms with van der Waals surface area (Å²) in [7, 11) is 0. The fourth-order valence-corrected chi connectivity index (χ4v) is 4.11. The Balaban J connectivity index is 1.50. The minimum absolute atomic E-state index is 0.150. The van der Waals surface area contributed by atoms with E-state index in [-0.39, 0.29) is 5.91 Å². The van der Waals surface area contributed by atoms with Gasteiger partial charge in [-0.15, -0.1) is 21.5 Å². The van der Waals surface area contributed by atoms with E-state index in [0.29, 0.717) is 11.8 Å². The number of thiophene rings is 1. The van der Waals surface area contributed by atoms with Gasteiger partial charge in [0.1, 0.15) is 5.01 Å². The lowest BCUT2D eigenvalue weighted by atomic mass is 10.3. The highest BCUT2D eigenvalue weighted by Gasteiger charge is 2.23. The Bertz CT molecular complexity index is 662. The van der Waals surface area contributed by atoms with Gasteiger partial charge in [-0.2, -0.15) is 0 Å². The summed E-state index contributed by atoms with van der Waals surface area (Å²) in [6.07, 6.45) is 0. The van der Waals surface area contributed by atoms with Gasteiger partial charge in [0, 0.05) is 31.1 Å². The van der Waals surface area contributed by atoms with E-state index in [1.165, 1.54) is 16.2 Å². The molecule has 1 saturated heterocycles. The molecular formula is C15H20N4O2S2. The molecule has 0 unspecified atom stereocenters. The number of ether oxygens (including phenoxy) is 1. The number of nitrogens with zero attached hydrogens (tertiary/aromatic N) is 4. The van der Waals surface area contributed by atoms with E-state index in [1.807, 2.05) is 30.9 Å². The third kappa shape index (κ3) is 4.07. The van der Waals surface area contributed by atoms with Crippen molar-refractivity contribution in [2.45, 2.75) is 20.4 Å². The first-order chi connectivity index (χ1) is 11.2. The Kier molecular flexibility index (Phi) is 5.24. The molecule has 0 aliphatic carbocycles. The maximum absolute atomic E-state index is 12.4. The summed E-state index contributed by atoms with van der Waals surface area (Å²) < 4.78 is 5.35. The maximum Gasteiger partial charge on any atom is 0.294 e. The van der Waals surface area contributed by atoms with Crippen LogP contribution < -0.4 is 4.74 Å². The summed E-state index contributed by atoms with van der Waals surface area (Å²) in [6.45, 7) is 8.58. The number of amides is 1. The van der Waals surface area contributed by atoms with Gasteiger partial charge in [-0.25, -0.2) is 0 Å². The number of hydrogen-bond acceptors (Lipinski definition) is 7. The van der Waals surface area contributed by atoms with Crippen LogP contribution in [0.25, 0.3) is 0 Å².